The molecule has 0 saturated carbocycles. The van der Waals surface area contributed by atoms with E-state index in [1.54, 1.807) is 12.1 Å². The Morgan fingerprint density at radius 3 is 2.58 bits per heavy atom. The fraction of sp³-hybridized carbons (Fsp3) is 0.263. The first-order valence-corrected chi connectivity index (χ1v) is 9.50. The number of anilines is 3. The standard InChI is InChI=1S/C19H21N7O6.Na/c20-19-25-15-14(17(30)26-19)23-11(8-22-15)7-21-10-3-1-9(2-4-10)16(29)24-12(18(31)32)5-6-13(27)28;/h1-4,12,21H,5-8H2,(H,24,29)(H,27,28)(H,31,32)(H4,20,22,25,26,30);/q;+1/p-1/t12-;/m0./s1. The first kappa shape index (κ1) is 25.8. The van der Waals surface area contributed by atoms with Crippen LogP contribution < -0.4 is 61.9 Å². The van der Waals surface area contributed by atoms with Gasteiger partial charge in [0.2, 0.25) is 5.95 Å². The van der Waals surface area contributed by atoms with Crippen molar-refractivity contribution in [3.05, 3.63) is 40.2 Å². The second-order valence-corrected chi connectivity index (χ2v) is 6.89. The van der Waals surface area contributed by atoms with Gasteiger partial charge in [0.1, 0.15) is 6.04 Å². The van der Waals surface area contributed by atoms with Crippen LogP contribution in [0.5, 0.6) is 0 Å². The first-order chi connectivity index (χ1) is 15.2. The molecule has 1 aliphatic rings. The summed E-state index contributed by atoms with van der Waals surface area (Å²) in [5.41, 5.74) is 6.70. The van der Waals surface area contributed by atoms with Crippen molar-refractivity contribution in [1.29, 1.82) is 0 Å². The Morgan fingerprint density at radius 2 is 1.94 bits per heavy atom. The van der Waals surface area contributed by atoms with Gasteiger partial charge in [-0.05, 0) is 37.1 Å². The summed E-state index contributed by atoms with van der Waals surface area (Å²) < 4.78 is 0. The third-order valence-electron chi connectivity index (χ3n) is 4.53. The zero-order chi connectivity index (χ0) is 23.3. The van der Waals surface area contributed by atoms with E-state index in [9.17, 15) is 24.3 Å². The number of amides is 1. The number of carboxylic acid groups (broad SMARTS) is 2. The van der Waals surface area contributed by atoms with Crippen molar-refractivity contribution in [2.24, 2.45) is 4.99 Å². The first-order valence-electron chi connectivity index (χ1n) is 9.50. The Hall–Kier alpha value is -3.42. The molecule has 2 heterocycles. The minimum atomic E-state index is -1.40. The van der Waals surface area contributed by atoms with Crippen molar-refractivity contribution < 1.29 is 54.2 Å². The second-order valence-electron chi connectivity index (χ2n) is 6.89. The Bertz CT molecular complexity index is 1130. The van der Waals surface area contributed by atoms with Crippen molar-refractivity contribution in [2.45, 2.75) is 18.9 Å². The largest absolute Gasteiger partial charge is 1.00 e. The summed E-state index contributed by atoms with van der Waals surface area (Å²) in [7, 11) is 0. The molecule has 14 heteroatoms. The molecule has 1 atom stereocenters. The number of H-pyrrole nitrogens is 1. The van der Waals surface area contributed by atoms with Crippen LogP contribution in [-0.4, -0.2) is 57.8 Å². The average Bonchev–Trinajstić information content (AvgIpc) is 2.75. The van der Waals surface area contributed by atoms with Gasteiger partial charge in [0.05, 0.1) is 18.8 Å². The van der Waals surface area contributed by atoms with Crippen LogP contribution in [-0.2, 0) is 9.59 Å². The van der Waals surface area contributed by atoms with Gasteiger partial charge >= 0.3 is 35.5 Å². The summed E-state index contributed by atoms with van der Waals surface area (Å²) >= 11 is 0. The van der Waals surface area contributed by atoms with E-state index in [0.717, 1.165) is 0 Å². The Kier molecular flexibility index (Phi) is 8.96. The van der Waals surface area contributed by atoms with E-state index in [1.165, 1.54) is 12.1 Å². The van der Waals surface area contributed by atoms with Crippen LogP contribution in [0.2, 0.25) is 0 Å². The third kappa shape index (κ3) is 7.03. The molecule has 0 spiro atoms. The fourth-order valence-electron chi connectivity index (χ4n) is 2.90. The molecule has 7 N–H and O–H groups in total. The smallest absolute Gasteiger partial charge is 0.550 e. The number of hydrogen-bond acceptors (Lipinski definition) is 10. The molecule has 0 saturated heterocycles. The van der Waals surface area contributed by atoms with Gasteiger partial charge in [0.25, 0.3) is 11.5 Å². The molecule has 1 amide bonds. The molecule has 1 aromatic carbocycles. The molecule has 13 nitrogen and oxygen atoms in total. The van der Waals surface area contributed by atoms with Crippen LogP contribution in [0, 0.1) is 0 Å². The van der Waals surface area contributed by atoms with Gasteiger partial charge in [-0.1, -0.05) is 0 Å². The molecule has 0 radical (unpaired) electrons. The van der Waals surface area contributed by atoms with Crippen molar-refractivity contribution >= 4 is 46.7 Å². The number of hydrogen-bond donors (Lipinski definition) is 6. The van der Waals surface area contributed by atoms with Gasteiger partial charge in [-0.25, -0.2) is 9.79 Å². The minimum absolute atomic E-state index is 0. The Balaban J connectivity index is 0.00000385. The molecule has 33 heavy (non-hydrogen) atoms. The quantitative estimate of drug-likeness (QED) is 0.196. The number of aromatic nitrogens is 2. The number of aliphatic carboxylic acids is 2. The number of nitrogens with one attached hydrogen (secondary N) is 4. The van der Waals surface area contributed by atoms with E-state index >= 15 is 0 Å². The maximum Gasteiger partial charge on any atom is 1.00 e. The molecule has 0 aliphatic carbocycles. The number of carbonyl (C=O) groups excluding carboxylic acids is 2. The number of rotatable bonds is 9. The Labute approximate surface area is 209 Å². The number of nitrogens with zero attached hydrogens (tertiary/aromatic N) is 2. The molecular weight excluding hydrogens is 445 g/mol. The molecule has 1 aliphatic heterocycles. The van der Waals surface area contributed by atoms with E-state index in [1.807, 2.05) is 0 Å². The fourth-order valence-corrected chi connectivity index (χ4v) is 2.90. The normalized spacial score (nSPS) is 12.8. The molecule has 1 aromatic heterocycles. The van der Waals surface area contributed by atoms with Gasteiger partial charge in [-0.3, -0.25) is 14.6 Å². The number of aliphatic imine (C=N–C) groups is 1. The molecule has 2 aromatic rings. The number of aromatic amines is 1. The predicted octanol–water partition coefficient (Wildman–Crippen LogP) is -4.32. The number of nitrogens with two attached hydrogens (primary N) is 1. The van der Waals surface area contributed by atoms with Crippen LogP contribution in [0.25, 0.3) is 0 Å². The molecule has 3 rings (SSSR count). The van der Waals surface area contributed by atoms with Gasteiger partial charge in [-0.15, -0.1) is 0 Å². The van der Waals surface area contributed by atoms with Crippen LogP contribution >= 0.6 is 0 Å². The topological polar surface area (TPSA) is 215 Å². The van der Waals surface area contributed by atoms with Crippen molar-refractivity contribution in [3.8, 4) is 0 Å². The number of carboxylic acids is 2. The molecular formula is C19H20N7NaO6. The summed E-state index contributed by atoms with van der Waals surface area (Å²) in [6.45, 7) is 0.672. The summed E-state index contributed by atoms with van der Waals surface area (Å²) in [5.74, 6) is -3.07. The van der Waals surface area contributed by atoms with E-state index in [-0.39, 0.29) is 53.2 Å². The number of benzene rings is 1. The van der Waals surface area contributed by atoms with Gasteiger partial charge < -0.3 is 36.7 Å². The number of carbonyl (C=O) groups is 3. The summed E-state index contributed by atoms with van der Waals surface area (Å²) in [4.78, 5) is 56.6. The molecule has 0 fully saturated rings. The van der Waals surface area contributed by atoms with E-state index in [0.29, 0.717) is 30.3 Å². The summed E-state index contributed by atoms with van der Waals surface area (Å²) in [6.07, 6.45) is -0.772. The van der Waals surface area contributed by atoms with Gasteiger partial charge in [-0.2, -0.15) is 4.98 Å². The van der Waals surface area contributed by atoms with Crippen molar-refractivity contribution in [3.63, 3.8) is 0 Å². The SMILES string of the molecule is Nc1nc2c(c(=O)[nH]1)N=C(CNc1ccc(C(=O)N[C@@H](CCC(=O)[O-])C(=O)O)cc1)CN2.[Na+]. The number of fused-ring (bicyclic) bond motifs is 1. The zero-order valence-corrected chi connectivity index (χ0v) is 19.7. The minimum Gasteiger partial charge on any atom is -0.550 e. The van der Waals surface area contributed by atoms with Crippen LogP contribution in [0.4, 0.5) is 23.1 Å². The molecule has 0 unspecified atom stereocenters. The van der Waals surface area contributed by atoms with Gasteiger partial charge in [0.15, 0.2) is 11.5 Å². The van der Waals surface area contributed by atoms with Crippen molar-refractivity contribution in [2.75, 3.05) is 29.5 Å². The van der Waals surface area contributed by atoms with E-state index in [4.69, 9.17) is 10.8 Å². The Morgan fingerprint density at radius 1 is 1.24 bits per heavy atom. The van der Waals surface area contributed by atoms with E-state index < -0.39 is 35.9 Å². The third-order valence-corrected chi connectivity index (χ3v) is 4.53. The van der Waals surface area contributed by atoms with Crippen LogP contribution in [0.15, 0.2) is 34.1 Å². The maximum atomic E-state index is 12.3. The summed E-state index contributed by atoms with van der Waals surface area (Å²) in [6, 6.07) is 4.87. The van der Waals surface area contributed by atoms with E-state index in [2.05, 4.69) is 30.9 Å². The van der Waals surface area contributed by atoms with Crippen molar-refractivity contribution in [1.82, 2.24) is 15.3 Å². The predicted molar refractivity (Wildman–Crippen MR) is 113 cm³/mol. The monoisotopic (exact) mass is 465 g/mol. The zero-order valence-electron chi connectivity index (χ0n) is 17.7. The van der Waals surface area contributed by atoms with Crippen LogP contribution in [0.3, 0.4) is 0 Å². The summed E-state index contributed by atoms with van der Waals surface area (Å²) in [5, 5.41) is 28.0. The second kappa shape index (κ2) is 11.4. The number of nitrogen functional groups attached to an aromatic ring is 1. The average molecular weight is 465 g/mol. The van der Waals surface area contributed by atoms with Gasteiger partial charge in [0, 0.05) is 17.2 Å². The molecule has 168 valence electrons. The maximum absolute atomic E-state index is 12.3. The molecule has 0 bridgehead atoms. The van der Waals surface area contributed by atoms with Crippen LogP contribution in [0.1, 0.15) is 23.2 Å².